The van der Waals surface area contributed by atoms with Crippen molar-refractivity contribution in [1.82, 2.24) is 0 Å². The van der Waals surface area contributed by atoms with Gasteiger partial charge in [-0.1, -0.05) is 142 Å². The summed E-state index contributed by atoms with van der Waals surface area (Å²) in [5.74, 6) is -0.938. The van der Waals surface area contributed by atoms with Gasteiger partial charge >= 0.3 is 19.8 Å². The molecule has 0 aliphatic heterocycles. The molecule has 0 spiro atoms. The van der Waals surface area contributed by atoms with Gasteiger partial charge in [-0.15, -0.1) is 0 Å². The topological polar surface area (TPSA) is 149 Å². The van der Waals surface area contributed by atoms with Crippen molar-refractivity contribution in [2.75, 3.05) is 26.4 Å². The van der Waals surface area contributed by atoms with Gasteiger partial charge in [-0.2, -0.15) is 0 Å². The average Bonchev–Trinajstić information content (AvgIpc) is 3.09. The molecule has 290 valence electrons. The third kappa shape index (κ3) is 34.9. The van der Waals surface area contributed by atoms with Crippen molar-refractivity contribution in [3.05, 3.63) is 12.2 Å². The van der Waals surface area contributed by atoms with Crippen LogP contribution in [0.3, 0.4) is 0 Å². The van der Waals surface area contributed by atoms with Crippen LogP contribution in [0.1, 0.15) is 181 Å². The molecule has 0 bridgehead atoms. The molecule has 0 fully saturated rings. The van der Waals surface area contributed by atoms with Crippen LogP contribution in [0.15, 0.2) is 12.2 Å². The summed E-state index contributed by atoms with van der Waals surface area (Å²) < 4.78 is 32.6. The zero-order valence-corrected chi connectivity index (χ0v) is 32.1. The Hall–Kier alpha value is -1.29. The molecule has 0 heterocycles. The molecule has 0 saturated carbocycles. The van der Waals surface area contributed by atoms with Gasteiger partial charge in [-0.3, -0.25) is 18.6 Å². The third-order valence-electron chi connectivity index (χ3n) is 8.42. The molecule has 3 atom stereocenters. The number of unbranched alkanes of at least 4 members (excludes halogenated alkanes) is 21. The first kappa shape index (κ1) is 47.7. The molecule has 0 amide bonds. The third-order valence-corrected chi connectivity index (χ3v) is 9.37. The van der Waals surface area contributed by atoms with Gasteiger partial charge in [0.25, 0.3) is 0 Å². The van der Waals surface area contributed by atoms with E-state index in [0.717, 1.165) is 44.9 Å². The molecule has 3 N–H and O–H groups in total. The number of hydrogen-bond donors (Lipinski definition) is 3. The van der Waals surface area contributed by atoms with E-state index >= 15 is 0 Å². The maximum Gasteiger partial charge on any atom is 0.472 e. The molecule has 0 aromatic heterocycles. The summed E-state index contributed by atoms with van der Waals surface area (Å²) in [5, 5.41) is 18.3. The number of allylic oxidation sites excluding steroid dienone is 2. The minimum absolute atomic E-state index is 0.168. The number of carbonyl (C=O) groups is 2. The fraction of sp³-hybridized carbons (Fsp3) is 0.895. The van der Waals surface area contributed by atoms with E-state index in [0.29, 0.717) is 12.8 Å². The Morgan fingerprint density at radius 3 is 1.49 bits per heavy atom. The van der Waals surface area contributed by atoms with Crippen LogP contribution in [0.2, 0.25) is 0 Å². The van der Waals surface area contributed by atoms with Gasteiger partial charge in [-0.05, 0) is 38.5 Å². The molecule has 0 aliphatic rings. The minimum Gasteiger partial charge on any atom is -0.462 e. The number of rotatable bonds is 37. The van der Waals surface area contributed by atoms with Gasteiger partial charge in [-0.25, -0.2) is 4.57 Å². The van der Waals surface area contributed by atoms with Gasteiger partial charge in [0.05, 0.1) is 19.8 Å². The molecule has 10 nitrogen and oxygen atoms in total. The second-order valence-electron chi connectivity index (χ2n) is 13.3. The molecule has 0 radical (unpaired) electrons. The van der Waals surface area contributed by atoms with Gasteiger partial charge in [0, 0.05) is 12.8 Å². The molecule has 11 heteroatoms. The van der Waals surface area contributed by atoms with Crippen LogP contribution in [-0.2, 0) is 32.7 Å². The van der Waals surface area contributed by atoms with Crippen LogP contribution in [-0.4, -0.2) is 65.7 Å². The Labute approximate surface area is 298 Å². The number of phosphoric ester groups is 1. The Kier molecular flexibility index (Phi) is 34.2. The monoisotopic (exact) mass is 720 g/mol. The number of hydrogen-bond acceptors (Lipinski definition) is 9. The molecule has 0 aromatic carbocycles. The molecule has 49 heavy (non-hydrogen) atoms. The lowest BCUT2D eigenvalue weighted by atomic mass is 10.0. The van der Waals surface area contributed by atoms with Crippen molar-refractivity contribution in [3.8, 4) is 0 Å². The summed E-state index contributed by atoms with van der Waals surface area (Å²) in [5.41, 5.74) is 0. The molecule has 0 saturated heterocycles. The van der Waals surface area contributed by atoms with E-state index in [1.165, 1.54) is 96.3 Å². The Balaban J connectivity index is 4.36. The molecule has 0 rings (SSSR count). The minimum atomic E-state index is -4.61. The molecule has 0 aromatic rings. The molecular weight excluding hydrogens is 647 g/mol. The fourth-order valence-corrected chi connectivity index (χ4v) is 6.13. The summed E-state index contributed by atoms with van der Waals surface area (Å²) in [6.07, 6.45) is 30.4. The van der Waals surface area contributed by atoms with Crippen LogP contribution in [0.4, 0.5) is 0 Å². The van der Waals surface area contributed by atoms with E-state index in [4.69, 9.17) is 19.1 Å². The quantitative estimate of drug-likeness (QED) is 0.0245. The van der Waals surface area contributed by atoms with Crippen molar-refractivity contribution in [2.24, 2.45) is 0 Å². The van der Waals surface area contributed by atoms with Crippen LogP contribution < -0.4 is 0 Å². The number of aliphatic hydroxyl groups is 2. The van der Waals surface area contributed by atoms with Gasteiger partial charge in [0.15, 0.2) is 6.10 Å². The number of carbonyl (C=O) groups excluding carboxylic acids is 2. The normalized spacial score (nSPS) is 14.1. The summed E-state index contributed by atoms with van der Waals surface area (Å²) in [4.78, 5) is 34.8. The van der Waals surface area contributed by atoms with E-state index in [-0.39, 0.29) is 19.4 Å². The standard InChI is InChI=1S/C38H73O10P/c1-3-5-7-9-11-13-15-17-19-21-23-25-27-29-37(41)45-33-36(34-47-49(43,44)46-32-35(40)31-39)48-38(42)30-28-26-24-22-20-18-16-14-12-10-8-6-4-2/h18,20,35-36,39-40H,3-17,19,21-34H2,1-2H3,(H,43,44)/b20-18+/t35-,36+/m0/s1. The lowest BCUT2D eigenvalue weighted by Gasteiger charge is -2.20. The summed E-state index contributed by atoms with van der Waals surface area (Å²) in [7, 11) is -4.61. The van der Waals surface area contributed by atoms with Crippen LogP contribution >= 0.6 is 7.82 Å². The van der Waals surface area contributed by atoms with Crippen molar-refractivity contribution in [1.29, 1.82) is 0 Å². The molecule has 0 aliphatic carbocycles. The van der Waals surface area contributed by atoms with Gasteiger partial charge in [0.1, 0.15) is 12.7 Å². The maximum absolute atomic E-state index is 12.5. The summed E-state index contributed by atoms with van der Waals surface area (Å²) in [6, 6.07) is 0. The lowest BCUT2D eigenvalue weighted by Crippen LogP contribution is -2.29. The second kappa shape index (κ2) is 35.1. The Morgan fingerprint density at radius 1 is 0.592 bits per heavy atom. The first-order valence-electron chi connectivity index (χ1n) is 19.6. The maximum atomic E-state index is 12.5. The van der Waals surface area contributed by atoms with Crippen LogP contribution in [0.25, 0.3) is 0 Å². The highest BCUT2D eigenvalue weighted by Gasteiger charge is 2.27. The highest BCUT2D eigenvalue weighted by Crippen LogP contribution is 2.43. The summed E-state index contributed by atoms with van der Waals surface area (Å²) >= 11 is 0. The predicted molar refractivity (Wildman–Crippen MR) is 196 cm³/mol. The van der Waals surface area contributed by atoms with E-state index in [2.05, 4.69) is 30.5 Å². The van der Waals surface area contributed by atoms with E-state index in [1.807, 2.05) is 0 Å². The first-order chi connectivity index (χ1) is 23.7. The predicted octanol–water partition coefficient (Wildman–Crippen LogP) is 9.67. The second-order valence-corrected chi connectivity index (χ2v) is 14.8. The Bertz CT molecular complexity index is 837. The number of esters is 2. The largest absolute Gasteiger partial charge is 0.472 e. The van der Waals surface area contributed by atoms with Crippen molar-refractivity contribution in [3.63, 3.8) is 0 Å². The molecular formula is C38H73O10P. The highest BCUT2D eigenvalue weighted by atomic mass is 31.2. The smallest absolute Gasteiger partial charge is 0.462 e. The van der Waals surface area contributed by atoms with E-state index in [9.17, 15) is 24.2 Å². The van der Waals surface area contributed by atoms with Gasteiger partial charge in [0.2, 0.25) is 0 Å². The molecule has 1 unspecified atom stereocenters. The van der Waals surface area contributed by atoms with Crippen molar-refractivity contribution < 1.29 is 47.8 Å². The lowest BCUT2D eigenvalue weighted by molar-refractivity contribution is -0.161. The highest BCUT2D eigenvalue weighted by molar-refractivity contribution is 7.47. The summed E-state index contributed by atoms with van der Waals surface area (Å²) in [6.45, 7) is 2.35. The zero-order chi connectivity index (χ0) is 36.3. The SMILES string of the molecule is CCCCCCCC/C=C/CCCCCC(=O)O[C@H](COC(=O)CCCCCCCCCCCCCCC)COP(=O)(O)OC[C@@H](O)CO. The fourth-order valence-electron chi connectivity index (χ4n) is 5.34. The van der Waals surface area contributed by atoms with E-state index < -0.39 is 51.8 Å². The van der Waals surface area contributed by atoms with Gasteiger partial charge < -0.3 is 24.6 Å². The van der Waals surface area contributed by atoms with Crippen LogP contribution in [0, 0.1) is 0 Å². The zero-order valence-electron chi connectivity index (χ0n) is 31.2. The van der Waals surface area contributed by atoms with Crippen LogP contribution in [0.5, 0.6) is 0 Å². The number of ether oxygens (including phenoxy) is 2. The number of phosphoric acid groups is 1. The average molecular weight is 721 g/mol. The first-order valence-corrected chi connectivity index (χ1v) is 21.1. The Morgan fingerprint density at radius 2 is 1.00 bits per heavy atom. The van der Waals surface area contributed by atoms with E-state index in [1.54, 1.807) is 0 Å². The van der Waals surface area contributed by atoms with Crippen molar-refractivity contribution >= 4 is 19.8 Å². The number of aliphatic hydroxyl groups excluding tert-OH is 2. The van der Waals surface area contributed by atoms with Crippen molar-refractivity contribution in [2.45, 2.75) is 193 Å².